The number of imide groups is 1. The third-order valence-corrected chi connectivity index (χ3v) is 7.44. The van der Waals surface area contributed by atoms with E-state index in [1.807, 2.05) is 13.5 Å². The number of hydrogen-bond acceptors (Lipinski definition) is 4. The van der Waals surface area contributed by atoms with Gasteiger partial charge in [0.25, 0.3) is 11.8 Å². The second-order valence-electron chi connectivity index (χ2n) is 4.87. The second-order valence-corrected chi connectivity index (χ2v) is 8.39. The maximum atomic E-state index is 12.5. The topological polar surface area (TPSA) is 55.8 Å². The Balaban J connectivity index is 2.44. The van der Waals surface area contributed by atoms with E-state index in [0.29, 0.717) is 17.5 Å². The molecule has 0 saturated carbocycles. The van der Waals surface area contributed by atoms with Gasteiger partial charge < -0.3 is 8.85 Å². The molecule has 1 aliphatic rings. The summed E-state index contributed by atoms with van der Waals surface area (Å²) < 4.78 is 11.0. The molecule has 20 heavy (non-hydrogen) atoms. The summed E-state index contributed by atoms with van der Waals surface area (Å²) in [6, 6.07) is 6.89. The van der Waals surface area contributed by atoms with E-state index in [2.05, 4.69) is 0 Å². The molecule has 0 aromatic heterocycles. The number of fused-ring (bicyclic) bond motifs is 1. The molecule has 2 rings (SSSR count). The van der Waals surface area contributed by atoms with Crippen molar-refractivity contribution in [2.75, 3.05) is 14.2 Å². The van der Waals surface area contributed by atoms with Crippen molar-refractivity contribution in [3.8, 4) is 0 Å². The van der Waals surface area contributed by atoms with Crippen molar-refractivity contribution in [1.82, 2.24) is 4.90 Å². The van der Waals surface area contributed by atoms with E-state index in [9.17, 15) is 9.59 Å². The first-order valence-electron chi connectivity index (χ1n) is 6.57. The Hall–Kier alpha value is -1.50. The molecule has 1 aromatic rings. The summed E-state index contributed by atoms with van der Waals surface area (Å²) in [6.45, 7) is 3.79. The zero-order valence-corrected chi connectivity index (χ0v) is 13.2. The van der Waals surface area contributed by atoms with Gasteiger partial charge in [0, 0.05) is 14.2 Å². The molecule has 0 spiro atoms. The first-order chi connectivity index (χ1) is 9.50. The van der Waals surface area contributed by atoms with Crippen LogP contribution in [0, 0.1) is 0 Å². The average molecular weight is 293 g/mol. The van der Waals surface area contributed by atoms with E-state index in [0.717, 1.165) is 0 Å². The highest BCUT2D eigenvalue weighted by atomic mass is 28.4. The van der Waals surface area contributed by atoms with Crippen molar-refractivity contribution < 1.29 is 18.4 Å². The molecule has 0 saturated heterocycles. The highest BCUT2D eigenvalue weighted by Crippen LogP contribution is 2.29. The summed E-state index contributed by atoms with van der Waals surface area (Å²) in [5.41, 5.74) is 0.573. The summed E-state index contributed by atoms with van der Waals surface area (Å²) in [5, 5.41) is 0. The van der Waals surface area contributed by atoms with Crippen molar-refractivity contribution in [3.05, 3.63) is 35.4 Å². The lowest BCUT2D eigenvalue weighted by atomic mass is 10.1. The number of carbonyl (C=O) groups excluding carboxylic acids is 2. The molecule has 1 atom stereocenters. The van der Waals surface area contributed by atoms with Crippen LogP contribution in [0.5, 0.6) is 0 Å². The number of amides is 2. The van der Waals surface area contributed by atoms with Crippen molar-refractivity contribution in [2.45, 2.75) is 25.6 Å². The van der Waals surface area contributed by atoms with Crippen LogP contribution in [0.3, 0.4) is 0 Å². The fourth-order valence-corrected chi connectivity index (χ4v) is 4.79. The molecule has 0 radical (unpaired) electrons. The summed E-state index contributed by atoms with van der Waals surface area (Å²) in [7, 11) is 0.502. The molecule has 1 aromatic carbocycles. The van der Waals surface area contributed by atoms with Crippen LogP contribution in [0.2, 0.25) is 6.55 Å². The summed E-state index contributed by atoms with van der Waals surface area (Å²) in [4.78, 5) is 26.3. The predicted octanol–water partition coefficient (Wildman–Crippen LogP) is 1.97. The van der Waals surface area contributed by atoms with E-state index in [4.69, 9.17) is 8.85 Å². The van der Waals surface area contributed by atoms with Crippen LogP contribution in [0.4, 0.5) is 0 Å². The van der Waals surface area contributed by atoms with Crippen molar-refractivity contribution in [1.29, 1.82) is 0 Å². The quantitative estimate of drug-likeness (QED) is 0.615. The van der Waals surface area contributed by atoms with Crippen LogP contribution < -0.4 is 0 Å². The molecule has 0 aliphatic carbocycles. The van der Waals surface area contributed by atoms with E-state index < -0.39 is 8.56 Å². The molecule has 1 heterocycles. The lowest BCUT2D eigenvalue weighted by molar-refractivity contribution is 0.0584. The zero-order chi connectivity index (χ0) is 14.9. The average Bonchev–Trinajstić information content (AvgIpc) is 2.73. The van der Waals surface area contributed by atoms with Crippen molar-refractivity contribution in [3.63, 3.8) is 0 Å². The minimum atomic E-state index is -2.63. The second kappa shape index (κ2) is 5.47. The van der Waals surface area contributed by atoms with Crippen LogP contribution in [-0.4, -0.2) is 45.2 Å². The van der Waals surface area contributed by atoms with Crippen LogP contribution in [0.1, 0.15) is 34.1 Å². The number of benzene rings is 1. The highest BCUT2D eigenvalue weighted by Gasteiger charge is 2.49. The molecular weight excluding hydrogens is 274 g/mol. The third-order valence-electron chi connectivity index (χ3n) is 3.94. The molecule has 108 valence electrons. The summed E-state index contributed by atoms with van der Waals surface area (Å²) >= 11 is 0. The first kappa shape index (κ1) is 14.9. The Labute approximate surface area is 119 Å². The lowest BCUT2D eigenvalue weighted by Gasteiger charge is -2.36. The van der Waals surface area contributed by atoms with E-state index in [-0.39, 0.29) is 17.5 Å². The molecule has 0 fully saturated rings. The van der Waals surface area contributed by atoms with Gasteiger partial charge in [-0.3, -0.25) is 14.5 Å². The fraction of sp³-hybridized carbons (Fsp3) is 0.429. The minimum Gasteiger partial charge on any atom is -0.397 e. The van der Waals surface area contributed by atoms with Crippen molar-refractivity contribution >= 4 is 20.4 Å². The molecule has 6 heteroatoms. The largest absolute Gasteiger partial charge is 0.397 e. The Morgan fingerprint density at radius 2 is 1.55 bits per heavy atom. The number of nitrogens with zero attached hydrogens (tertiary/aromatic N) is 1. The monoisotopic (exact) mass is 293 g/mol. The fourth-order valence-electron chi connectivity index (χ4n) is 2.63. The van der Waals surface area contributed by atoms with Gasteiger partial charge in [0.1, 0.15) is 0 Å². The van der Waals surface area contributed by atoms with Gasteiger partial charge in [-0.1, -0.05) is 19.1 Å². The van der Waals surface area contributed by atoms with Crippen LogP contribution in [0.25, 0.3) is 0 Å². The normalized spacial score (nSPS) is 16.5. The van der Waals surface area contributed by atoms with E-state index >= 15 is 0 Å². The predicted molar refractivity (Wildman–Crippen MR) is 76.7 cm³/mol. The van der Waals surface area contributed by atoms with E-state index in [1.54, 1.807) is 38.5 Å². The van der Waals surface area contributed by atoms with Gasteiger partial charge in [0.05, 0.1) is 16.8 Å². The maximum absolute atomic E-state index is 12.5. The highest BCUT2D eigenvalue weighted by molar-refractivity contribution is 6.68. The number of hydrogen-bond donors (Lipinski definition) is 0. The molecule has 1 unspecified atom stereocenters. The molecular formula is C14H19NO4Si. The van der Waals surface area contributed by atoms with Crippen molar-refractivity contribution in [2.24, 2.45) is 0 Å². The minimum absolute atomic E-state index is 0.259. The SMILES string of the molecule is CCC(N1C(=O)c2ccccc2C1=O)[Si](C)(OC)OC. The smallest absolute Gasteiger partial charge is 0.358 e. The zero-order valence-electron chi connectivity index (χ0n) is 12.2. The van der Waals surface area contributed by atoms with Gasteiger partial charge in [-0.25, -0.2) is 0 Å². The third kappa shape index (κ3) is 2.09. The number of carbonyl (C=O) groups is 2. The van der Waals surface area contributed by atoms with Gasteiger partial charge in [-0.05, 0) is 25.1 Å². The van der Waals surface area contributed by atoms with Crippen LogP contribution >= 0.6 is 0 Å². The lowest BCUT2D eigenvalue weighted by Crippen LogP contribution is -2.59. The first-order valence-corrected chi connectivity index (χ1v) is 8.96. The summed E-state index contributed by atoms with van der Waals surface area (Å²) in [5.74, 6) is -0.518. The van der Waals surface area contributed by atoms with Gasteiger partial charge in [0.2, 0.25) is 0 Å². The van der Waals surface area contributed by atoms with Crippen LogP contribution in [-0.2, 0) is 8.85 Å². The number of rotatable bonds is 5. The molecule has 1 aliphatic heterocycles. The Bertz CT molecular complexity index is 507. The summed E-state index contributed by atoms with van der Waals surface area (Å²) in [6.07, 6.45) is 0.607. The molecule has 5 nitrogen and oxygen atoms in total. The van der Waals surface area contributed by atoms with Gasteiger partial charge in [0.15, 0.2) is 0 Å². The molecule has 2 amide bonds. The Morgan fingerprint density at radius 1 is 1.10 bits per heavy atom. The molecule has 0 N–H and O–H groups in total. The van der Waals surface area contributed by atoms with E-state index in [1.165, 1.54) is 4.90 Å². The van der Waals surface area contributed by atoms with Gasteiger partial charge in [-0.15, -0.1) is 0 Å². The maximum Gasteiger partial charge on any atom is 0.358 e. The van der Waals surface area contributed by atoms with Crippen LogP contribution in [0.15, 0.2) is 24.3 Å². The standard InChI is InChI=1S/C14H19NO4Si/c1-5-12(20(4,18-2)19-3)15-13(16)10-8-6-7-9-11(10)14(15)17/h6-9,12H,5H2,1-4H3. The Morgan fingerprint density at radius 3 is 1.90 bits per heavy atom. The van der Waals surface area contributed by atoms with Gasteiger partial charge in [-0.2, -0.15) is 0 Å². The van der Waals surface area contributed by atoms with Gasteiger partial charge >= 0.3 is 8.56 Å². The Kier molecular flexibility index (Phi) is 4.08. The molecule has 0 bridgehead atoms.